The second-order valence-electron chi connectivity index (χ2n) is 6.82. The number of rotatable bonds is 3. The van der Waals surface area contributed by atoms with Gasteiger partial charge in [-0.15, -0.1) is 0 Å². The molecule has 2 aliphatic heterocycles. The SMILES string of the molecule is Cc1nc2ccc(N3CCC(N4CC(F)(F)C4)CC3CO)cn2n1. The van der Waals surface area contributed by atoms with Crippen LogP contribution in [-0.4, -0.2) is 68.9 Å². The first-order chi connectivity index (χ1) is 11.4. The van der Waals surface area contributed by atoms with Crippen molar-refractivity contribution in [1.82, 2.24) is 19.5 Å². The molecule has 24 heavy (non-hydrogen) atoms. The van der Waals surface area contributed by atoms with E-state index in [1.165, 1.54) is 0 Å². The summed E-state index contributed by atoms with van der Waals surface area (Å²) < 4.78 is 27.9. The van der Waals surface area contributed by atoms with Crippen molar-refractivity contribution < 1.29 is 13.9 Å². The van der Waals surface area contributed by atoms with Gasteiger partial charge in [0.25, 0.3) is 5.92 Å². The van der Waals surface area contributed by atoms with Crippen molar-refractivity contribution in [1.29, 1.82) is 0 Å². The largest absolute Gasteiger partial charge is 0.394 e. The lowest BCUT2D eigenvalue weighted by Crippen LogP contribution is -2.63. The number of nitrogens with zero attached hydrogens (tertiary/aromatic N) is 5. The van der Waals surface area contributed by atoms with E-state index >= 15 is 0 Å². The molecule has 2 aromatic heterocycles. The number of alkyl halides is 2. The number of halogens is 2. The molecule has 2 aliphatic rings. The lowest BCUT2D eigenvalue weighted by Gasteiger charge is -2.49. The number of aliphatic hydroxyl groups excluding tert-OH is 1. The molecule has 0 aliphatic carbocycles. The van der Waals surface area contributed by atoms with E-state index in [1.54, 1.807) is 4.52 Å². The van der Waals surface area contributed by atoms with Gasteiger partial charge in [0.2, 0.25) is 0 Å². The molecule has 0 radical (unpaired) electrons. The molecule has 2 saturated heterocycles. The number of fused-ring (bicyclic) bond motifs is 1. The van der Waals surface area contributed by atoms with Crippen molar-refractivity contribution in [3.8, 4) is 0 Å². The molecule has 6 nitrogen and oxygen atoms in total. The zero-order valence-electron chi connectivity index (χ0n) is 13.6. The lowest BCUT2D eigenvalue weighted by molar-refractivity contribution is -0.149. The van der Waals surface area contributed by atoms with Crippen LogP contribution in [0.5, 0.6) is 0 Å². The van der Waals surface area contributed by atoms with Gasteiger partial charge in [-0.05, 0) is 31.9 Å². The molecule has 8 heteroatoms. The van der Waals surface area contributed by atoms with Gasteiger partial charge >= 0.3 is 0 Å². The van der Waals surface area contributed by atoms with Crippen LogP contribution in [0.25, 0.3) is 5.65 Å². The van der Waals surface area contributed by atoms with E-state index in [2.05, 4.69) is 15.0 Å². The molecule has 130 valence electrons. The Kier molecular flexibility index (Phi) is 3.69. The predicted octanol–water partition coefficient (Wildman–Crippen LogP) is 1.32. The Morgan fingerprint density at radius 3 is 2.83 bits per heavy atom. The summed E-state index contributed by atoms with van der Waals surface area (Å²) in [6, 6.07) is 3.94. The standard InChI is InChI=1S/C16H21F2N5O/c1-11-19-15-3-2-13(7-23(15)20-11)22-5-4-12(6-14(22)8-24)21-9-16(17,18)10-21/h2-3,7,12,14,24H,4-6,8-10H2,1H3. The maximum Gasteiger partial charge on any atom is 0.272 e. The number of aliphatic hydroxyl groups is 1. The second-order valence-corrected chi connectivity index (χ2v) is 6.82. The Labute approximate surface area is 138 Å². The van der Waals surface area contributed by atoms with E-state index in [0.717, 1.165) is 24.3 Å². The molecule has 2 fully saturated rings. The van der Waals surface area contributed by atoms with Crippen LogP contribution in [0.4, 0.5) is 14.5 Å². The van der Waals surface area contributed by atoms with Gasteiger partial charge < -0.3 is 10.0 Å². The normalized spacial score (nSPS) is 27.4. The first kappa shape index (κ1) is 15.7. The Bertz CT molecular complexity index is 741. The van der Waals surface area contributed by atoms with Crippen LogP contribution in [0, 0.1) is 6.92 Å². The fourth-order valence-corrected chi connectivity index (χ4v) is 3.83. The van der Waals surface area contributed by atoms with E-state index in [0.29, 0.717) is 12.2 Å². The minimum Gasteiger partial charge on any atom is -0.394 e. The molecule has 2 unspecified atom stereocenters. The highest BCUT2D eigenvalue weighted by Crippen LogP contribution is 2.34. The van der Waals surface area contributed by atoms with Crippen molar-refractivity contribution in [2.45, 2.75) is 37.8 Å². The minimum atomic E-state index is -2.54. The lowest BCUT2D eigenvalue weighted by atomic mass is 9.92. The number of anilines is 1. The van der Waals surface area contributed by atoms with Crippen LogP contribution in [0.2, 0.25) is 0 Å². The Morgan fingerprint density at radius 1 is 1.33 bits per heavy atom. The van der Waals surface area contributed by atoms with Crippen LogP contribution >= 0.6 is 0 Å². The number of hydrogen-bond donors (Lipinski definition) is 1. The topological polar surface area (TPSA) is 56.9 Å². The fourth-order valence-electron chi connectivity index (χ4n) is 3.83. The molecule has 0 saturated carbocycles. The maximum absolute atomic E-state index is 13.1. The van der Waals surface area contributed by atoms with Gasteiger partial charge in [0.05, 0.1) is 37.6 Å². The van der Waals surface area contributed by atoms with Crippen molar-refractivity contribution in [2.24, 2.45) is 0 Å². The fraction of sp³-hybridized carbons (Fsp3) is 0.625. The molecule has 0 bridgehead atoms. The van der Waals surface area contributed by atoms with Gasteiger partial charge in [-0.25, -0.2) is 18.3 Å². The van der Waals surface area contributed by atoms with Gasteiger partial charge in [-0.3, -0.25) is 4.90 Å². The van der Waals surface area contributed by atoms with Gasteiger partial charge in [-0.2, -0.15) is 5.10 Å². The highest BCUT2D eigenvalue weighted by molar-refractivity contribution is 5.52. The molecule has 4 rings (SSSR count). The summed E-state index contributed by atoms with van der Waals surface area (Å²) in [7, 11) is 0. The summed E-state index contributed by atoms with van der Waals surface area (Å²) >= 11 is 0. The average molecular weight is 337 g/mol. The number of aryl methyl sites for hydroxylation is 1. The minimum absolute atomic E-state index is 0.00908. The first-order valence-electron chi connectivity index (χ1n) is 8.27. The second kappa shape index (κ2) is 5.63. The van der Waals surface area contributed by atoms with Gasteiger partial charge in [0, 0.05) is 12.6 Å². The van der Waals surface area contributed by atoms with Crippen LogP contribution in [-0.2, 0) is 0 Å². The summed E-state index contributed by atoms with van der Waals surface area (Å²) in [5.41, 5.74) is 1.76. The molecule has 2 aromatic rings. The molecule has 0 spiro atoms. The molecule has 0 aromatic carbocycles. The Balaban J connectivity index is 1.50. The smallest absolute Gasteiger partial charge is 0.272 e. The quantitative estimate of drug-likeness (QED) is 0.915. The van der Waals surface area contributed by atoms with Crippen LogP contribution in [0.15, 0.2) is 18.3 Å². The number of hydrogen-bond acceptors (Lipinski definition) is 5. The summed E-state index contributed by atoms with van der Waals surface area (Å²) in [4.78, 5) is 8.29. The Morgan fingerprint density at radius 2 is 2.12 bits per heavy atom. The molecular weight excluding hydrogens is 316 g/mol. The summed E-state index contributed by atoms with van der Waals surface area (Å²) in [5, 5.41) is 14.1. The number of pyridine rings is 1. The van der Waals surface area contributed by atoms with E-state index in [1.807, 2.05) is 30.2 Å². The highest BCUT2D eigenvalue weighted by atomic mass is 19.3. The summed E-state index contributed by atoms with van der Waals surface area (Å²) in [6.45, 7) is 2.28. The van der Waals surface area contributed by atoms with Crippen molar-refractivity contribution >= 4 is 11.3 Å². The van der Waals surface area contributed by atoms with Crippen LogP contribution in [0.3, 0.4) is 0 Å². The number of piperidine rings is 1. The van der Waals surface area contributed by atoms with E-state index in [9.17, 15) is 13.9 Å². The summed E-state index contributed by atoms with van der Waals surface area (Å²) in [6.07, 6.45) is 3.43. The van der Waals surface area contributed by atoms with Crippen molar-refractivity contribution in [3.05, 3.63) is 24.2 Å². The third-order valence-corrected chi connectivity index (χ3v) is 5.04. The van der Waals surface area contributed by atoms with E-state index < -0.39 is 5.92 Å². The summed E-state index contributed by atoms with van der Waals surface area (Å²) in [5.74, 6) is -1.83. The third-order valence-electron chi connectivity index (χ3n) is 5.04. The number of aromatic nitrogens is 3. The third kappa shape index (κ3) is 2.73. The van der Waals surface area contributed by atoms with Crippen LogP contribution in [0.1, 0.15) is 18.7 Å². The molecule has 0 amide bonds. The molecular formula is C16H21F2N5O. The van der Waals surface area contributed by atoms with E-state index in [-0.39, 0.29) is 31.8 Å². The zero-order valence-corrected chi connectivity index (χ0v) is 13.6. The monoisotopic (exact) mass is 337 g/mol. The van der Waals surface area contributed by atoms with Crippen molar-refractivity contribution in [3.63, 3.8) is 0 Å². The zero-order chi connectivity index (χ0) is 16.9. The first-order valence-corrected chi connectivity index (χ1v) is 8.27. The highest BCUT2D eigenvalue weighted by Gasteiger charge is 2.47. The van der Waals surface area contributed by atoms with Gasteiger partial charge in [0.1, 0.15) is 5.82 Å². The van der Waals surface area contributed by atoms with Crippen molar-refractivity contribution in [2.75, 3.05) is 31.1 Å². The van der Waals surface area contributed by atoms with E-state index in [4.69, 9.17) is 0 Å². The maximum atomic E-state index is 13.1. The van der Waals surface area contributed by atoms with Crippen LogP contribution < -0.4 is 4.90 Å². The molecule has 4 heterocycles. The van der Waals surface area contributed by atoms with Gasteiger partial charge in [0.15, 0.2) is 5.65 Å². The van der Waals surface area contributed by atoms with Gasteiger partial charge in [-0.1, -0.05) is 0 Å². The predicted molar refractivity (Wildman–Crippen MR) is 85.5 cm³/mol. The average Bonchev–Trinajstić information content (AvgIpc) is 2.91. The Hall–Kier alpha value is -1.80. The molecule has 2 atom stereocenters. The molecule has 1 N–H and O–H groups in total. The number of likely N-dealkylation sites (tertiary alicyclic amines) is 1.